The summed E-state index contributed by atoms with van der Waals surface area (Å²) in [6.45, 7) is 2.67. The Balaban J connectivity index is 1.72. The first-order valence-electron chi connectivity index (χ1n) is 8.93. The first-order valence-corrected chi connectivity index (χ1v) is 9.68. The van der Waals surface area contributed by atoms with Crippen LogP contribution in [-0.4, -0.2) is 36.8 Å². The van der Waals surface area contributed by atoms with E-state index >= 15 is 0 Å². The molecule has 3 aromatic heterocycles. The van der Waals surface area contributed by atoms with Crippen molar-refractivity contribution in [1.82, 2.24) is 29.7 Å². The lowest BCUT2D eigenvalue weighted by atomic mass is 10.3. The van der Waals surface area contributed by atoms with E-state index in [0.29, 0.717) is 4.52 Å². The molecule has 0 bridgehead atoms. The van der Waals surface area contributed by atoms with Gasteiger partial charge in [0.2, 0.25) is 0 Å². The molecular weight excluding hydrogens is 489 g/mol. The predicted molar refractivity (Wildman–Crippen MR) is 102 cm³/mol. The Labute approximate surface area is 186 Å². The molecule has 0 saturated carbocycles. The number of halogens is 8. The van der Waals surface area contributed by atoms with E-state index in [4.69, 9.17) is 23.2 Å². The van der Waals surface area contributed by atoms with Crippen LogP contribution in [0.2, 0.25) is 10.0 Å². The lowest BCUT2D eigenvalue weighted by molar-refractivity contribution is -0.143. The predicted octanol–water partition coefficient (Wildman–Crippen LogP) is 4.71. The first kappa shape index (κ1) is 24.1. The SMILES string of the molecule is Cc1cc(C(F)(F)F)n2nc(C(=O)NCCCn3nc(C(F)(F)F)c(Cl)c3C)c(Cl)c2n1. The summed E-state index contributed by atoms with van der Waals surface area (Å²) in [7, 11) is 0. The van der Waals surface area contributed by atoms with E-state index < -0.39 is 40.4 Å². The topological polar surface area (TPSA) is 77.1 Å². The fourth-order valence-electron chi connectivity index (χ4n) is 2.90. The van der Waals surface area contributed by atoms with E-state index in [1.54, 1.807) is 0 Å². The van der Waals surface area contributed by atoms with Gasteiger partial charge in [0, 0.05) is 18.8 Å². The minimum Gasteiger partial charge on any atom is -0.351 e. The van der Waals surface area contributed by atoms with Crippen LogP contribution >= 0.6 is 23.2 Å². The van der Waals surface area contributed by atoms with Gasteiger partial charge in [-0.1, -0.05) is 23.2 Å². The lowest BCUT2D eigenvalue weighted by Gasteiger charge is -2.09. The van der Waals surface area contributed by atoms with Crippen LogP contribution in [0.5, 0.6) is 0 Å². The number of fused-ring (bicyclic) bond motifs is 1. The third-order valence-corrected chi connectivity index (χ3v) is 5.20. The van der Waals surface area contributed by atoms with Crippen LogP contribution in [-0.2, 0) is 18.9 Å². The molecule has 3 aromatic rings. The highest BCUT2D eigenvalue weighted by molar-refractivity contribution is 6.36. The van der Waals surface area contributed by atoms with Crippen molar-refractivity contribution in [3.8, 4) is 0 Å². The third kappa shape index (κ3) is 4.63. The van der Waals surface area contributed by atoms with Gasteiger partial charge < -0.3 is 5.32 Å². The molecule has 3 heterocycles. The maximum atomic E-state index is 13.3. The summed E-state index contributed by atoms with van der Waals surface area (Å²) in [5.41, 5.74) is -3.01. The Kier molecular flexibility index (Phi) is 6.35. The summed E-state index contributed by atoms with van der Waals surface area (Å²) in [6, 6.07) is 0.769. The molecule has 32 heavy (non-hydrogen) atoms. The molecule has 1 amide bonds. The van der Waals surface area contributed by atoms with E-state index in [1.807, 2.05) is 0 Å². The van der Waals surface area contributed by atoms with Crippen LogP contribution in [0.15, 0.2) is 6.07 Å². The second kappa shape index (κ2) is 8.43. The zero-order valence-corrected chi connectivity index (χ0v) is 17.9. The zero-order valence-electron chi connectivity index (χ0n) is 16.4. The molecule has 0 aliphatic rings. The standard InChI is InChI=1S/C17H14Cl2F6N6O/c1-7-6-9(16(20,21)22)31-14(27-7)11(19)12(28-31)15(32)26-4-3-5-30-8(2)10(18)13(29-30)17(23,24)25/h6H,3-5H2,1-2H3,(H,26,32). The normalized spacial score (nSPS) is 12.6. The lowest BCUT2D eigenvalue weighted by Crippen LogP contribution is -2.26. The Hall–Kier alpha value is -2.54. The molecule has 0 fully saturated rings. The number of carbonyl (C=O) groups is 1. The highest BCUT2D eigenvalue weighted by Crippen LogP contribution is 2.35. The highest BCUT2D eigenvalue weighted by atomic mass is 35.5. The molecule has 0 aliphatic carbocycles. The first-order chi connectivity index (χ1) is 14.7. The number of hydrogen-bond donors (Lipinski definition) is 1. The van der Waals surface area contributed by atoms with Gasteiger partial charge in [-0.3, -0.25) is 9.48 Å². The fraction of sp³-hybridized carbons (Fsp3) is 0.412. The average molecular weight is 503 g/mol. The van der Waals surface area contributed by atoms with Crippen molar-refractivity contribution in [2.45, 2.75) is 39.2 Å². The van der Waals surface area contributed by atoms with Crippen LogP contribution in [0.25, 0.3) is 5.65 Å². The average Bonchev–Trinajstić information content (AvgIpc) is 3.15. The number of amides is 1. The fourth-order valence-corrected chi connectivity index (χ4v) is 3.39. The van der Waals surface area contributed by atoms with Crippen LogP contribution in [0.3, 0.4) is 0 Å². The van der Waals surface area contributed by atoms with Crippen LogP contribution in [0.4, 0.5) is 26.3 Å². The third-order valence-electron chi connectivity index (χ3n) is 4.40. The summed E-state index contributed by atoms with van der Waals surface area (Å²) >= 11 is 11.7. The van der Waals surface area contributed by atoms with Gasteiger partial charge in [0.05, 0.1) is 10.7 Å². The van der Waals surface area contributed by atoms with Crippen molar-refractivity contribution < 1.29 is 31.1 Å². The number of carbonyl (C=O) groups excluding carboxylic acids is 1. The van der Waals surface area contributed by atoms with Gasteiger partial charge in [-0.25, -0.2) is 9.50 Å². The van der Waals surface area contributed by atoms with Crippen molar-refractivity contribution in [2.24, 2.45) is 0 Å². The number of nitrogens with zero attached hydrogens (tertiary/aromatic N) is 5. The zero-order chi connectivity index (χ0) is 24.0. The van der Waals surface area contributed by atoms with Crippen molar-refractivity contribution in [1.29, 1.82) is 0 Å². The molecule has 0 aromatic carbocycles. The molecule has 0 unspecified atom stereocenters. The number of alkyl halides is 6. The Morgan fingerprint density at radius 1 is 1.06 bits per heavy atom. The smallest absolute Gasteiger partial charge is 0.351 e. The molecule has 0 aliphatic heterocycles. The van der Waals surface area contributed by atoms with E-state index in [9.17, 15) is 31.1 Å². The Bertz CT molecular complexity index is 1180. The number of aromatic nitrogens is 5. The van der Waals surface area contributed by atoms with Gasteiger partial charge in [0.15, 0.2) is 17.0 Å². The minimum absolute atomic E-state index is 0.000215. The maximum Gasteiger partial charge on any atom is 0.436 e. The quantitative estimate of drug-likeness (QED) is 0.405. The molecule has 0 radical (unpaired) electrons. The summed E-state index contributed by atoms with van der Waals surface area (Å²) in [5.74, 6) is -0.863. The van der Waals surface area contributed by atoms with Gasteiger partial charge in [-0.05, 0) is 26.3 Å². The summed E-state index contributed by atoms with van der Waals surface area (Å²) in [4.78, 5) is 16.3. The maximum absolute atomic E-state index is 13.3. The molecule has 3 rings (SSSR count). The molecule has 0 spiro atoms. The molecular formula is C17H14Cl2F6N6O. The van der Waals surface area contributed by atoms with Crippen molar-refractivity contribution in [3.05, 3.63) is 44.6 Å². The van der Waals surface area contributed by atoms with Crippen LogP contribution in [0, 0.1) is 13.8 Å². The second-order valence-electron chi connectivity index (χ2n) is 6.76. The Morgan fingerprint density at radius 3 is 2.28 bits per heavy atom. The van der Waals surface area contributed by atoms with E-state index in [0.717, 1.165) is 10.7 Å². The number of hydrogen-bond acceptors (Lipinski definition) is 4. The molecule has 7 nitrogen and oxygen atoms in total. The molecule has 0 saturated heterocycles. The number of aryl methyl sites for hydroxylation is 2. The van der Waals surface area contributed by atoms with Crippen LogP contribution < -0.4 is 5.32 Å². The van der Waals surface area contributed by atoms with Gasteiger partial charge >= 0.3 is 12.4 Å². The highest BCUT2D eigenvalue weighted by Gasteiger charge is 2.38. The van der Waals surface area contributed by atoms with Gasteiger partial charge in [0.1, 0.15) is 10.7 Å². The number of rotatable bonds is 5. The second-order valence-corrected chi connectivity index (χ2v) is 7.51. The minimum atomic E-state index is -4.76. The van der Waals surface area contributed by atoms with E-state index in [2.05, 4.69) is 20.5 Å². The van der Waals surface area contributed by atoms with Crippen LogP contribution in [0.1, 0.15) is 39.7 Å². The monoisotopic (exact) mass is 502 g/mol. The van der Waals surface area contributed by atoms with Gasteiger partial charge in [-0.2, -0.15) is 36.5 Å². The molecule has 174 valence electrons. The summed E-state index contributed by atoms with van der Waals surface area (Å²) < 4.78 is 79.9. The molecule has 0 atom stereocenters. The van der Waals surface area contributed by atoms with E-state index in [1.165, 1.54) is 13.8 Å². The number of nitrogens with one attached hydrogen (secondary N) is 1. The molecule has 15 heteroatoms. The van der Waals surface area contributed by atoms with E-state index in [-0.39, 0.29) is 41.6 Å². The largest absolute Gasteiger partial charge is 0.436 e. The van der Waals surface area contributed by atoms with Crippen molar-refractivity contribution in [3.63, 3.8) is 0 Å². The van der Waals surface area contributed by atoms with Crippen molar-refractivity contribution in [2.75, 3.05) is 6.54 Å². The Morgan fingerprint density at radius 2 is 1.72 bits per heavy atom. The van der Waals surface area contributed by atoms with Crippen molar-refractivity contribution >= 4 is 34.8 Å². The summed E-state index contributed by atoms with van der Waals surface area (Å²) in [6.07, 6.45) is -9.31. The molecule has 1 N–H and O–H groups in total. The van der Waals surface area contributed by atoms with Gasteiger partial charge in [-0.15, -0.1) is 0 Å². The van der Waals surface area contributed by atoms with Gasteiger partial charge in [0.25, 0.3) is 5.91 Å². The summed E-state index contributed by atoms with van der Waals surface area (Å²) in [5, 5.41) is 8.62.